The van der Waals surface area contributed by atoms with E-state index in [9.17, 15) is 8.42 Å². The van der Waals surface area contributed by atoms with Crippen LogP contribution < -0.4 is 0 Å². The van der Waals surface area contributed by atoms with E-state index >= 15 is 0 Å². The molecular formula is C13H30FNO2S. The van der Waals surface area contributed by atoms with E-state index in [2.05, 4.69) is 27.7 Å². The fraction of sp³-hybridized carbons (Fsp3) is 1.00. The van der Waals surface area contributed by atoms with Crippen LogP contribution in [0.3, 0.4) is 0 Å². The van der Waals surface area contributed by atoms with Gasteiger partial charge in [-0.2, -0.15) is 0 Å². The van der Waals surface area contributed by atoms with Gasteiger partial charge in [0.2, 0.25) is 10.0 Å². The van der Waals surface area contributed by atoms with E-state index in [1.165, 1.54) is 0 Å². The van der Waals surface area contributed by atoms with Crippen LogP contribution in [-0.2, 0) is 10.0 Å². The van der Waals surface area contributed by atoms with Gasteiger partial charge in [0.15, 0.2) is 0 Å². The lowest BCUT2D eigenvalue weighted by atomic mass is 9.92. The molecule has 0 aliphatic heterocycles. The fourth-order valence-corrected chi connectivity index (χ4v) is 3.12. The van der Waals surface area contributed by atoms with Gasteiger partial charge in [-0.1, -0.05) is 41.0 Å². The van der Waals surface area contributed by atoms with Gasteiger partial charge in [0.25, 0.3) is 0 Å². The zero-order valence-corrected chi connectivity index (χ0v) is 13.3. The van der Waals surface area contributed by atoms with Gasteiger partial charge in [0, 0.05) is 13.1 Å². The van der Waals surface area contributed by atoms with Crippen molar-refractivity contribution in [3.8, 4) is 0 Å². The Kier molecular flexibility index (Phi) is 9.92. The van der Waals surface area contributed by atoms with Gasteiger partial charge in [-0.3, -0.25) is 4.70 Å². The smallest absolute Gasteiger partial charge is 0.214 e. The topological polar surface area (TPSA) is 37.4 Å². The molecule has 0 unspecified atom stereocenters. The minimum atomic E-state index is -3.03. The lowest BCUT2D eigenvalue weighted by Gasteiger charge is -2.26. The SMILES string of the molecule is CCCCN(CCC(C)(C)C)S(=O)(=O)CCC.F. The van der Waals surface area contributed by atoms with Crippen molar-refractivity contribution in [3.05, 3.63) is 0 Å². The third-order valence-electron chi connectivity index (χ3n) is 2.73. The molecule has 5 heteroatoms. The second kappa shape index (κ2) is 8.86. The average Bonchev–Trinajstić information content (AvgIpc) is 2.15. The number of hydrogen-bond acceptors (Lipinski definition) is 2. The first-order valence-electron chi connectivity index (χ1n) is 6.70. The number of sulfonamides is 1. The molecule has 0 rings (SSSR count). The average molecular weight is 283 g/mol. The minimum Gasteiger partial charge on any atom is -0.269 e. The minimum absolute atomic E-state index is 0. The van der Waals surface area contributed by atoms with Crippen molar-refractivity contribution < 1.29 is 13.1 Å². The summed E-state index contributed by atoms with van der Waals surface area (Å²) in [6.45, 7) is 11.8. The van der Waals surface area contributed by atoms with E-state index in [-0.39, 0.29) is 15.9 Å². The first-order valence-corrected chi connectivity index (χ1v) is 8.31. The van der Waals surface area contributed by atoms with Crippen LogP contribution in [0.1, 0.15) is 60.3 Å². The quantitative estimate of drug-likeness (QED) is 0.684. The molecule has 0 saturated carbocycles. The molecule has 0 N–H and O–H groups in total. The van der Waals surface area contributed by atoms with Crippen molar-refractivity contribution in [2.45, 2.75) is 60.3 Å². The Hall–Kier alpha value is -0.160. The van der Waals surface area contributed by atoms with Crippen molar-refractivity contribution in [1.82, 2.24) is 4.31 Å². The van der Waals surface area contributed by atoms with Gasteiger partial charge in [-0.05, 0) is 24.7 Å². The van der Waals surface area contributed by atoms with E-state index in [1.807, 2.05) is 6.92 Å². The van der Waals surface area contributed by atoms with E-state index in [4.69, 9.17) is 0 Å². The summed E-state index contributed by atoms with van der Waals surface area (Å²) in [6.07, 6.45) is 3.60. The van der Waals surface area contributed by atoms with Crippen LogP contribution in [0.2, 0.25) is 0 Å². The summed E-state index contributed by atoms with van der Waals surface area (Å²) in [4.78, 5) is 0. The molecule has 3 nitrogen and oxygen atoms in total. The normalized spacial score (nSPS) is 12.6. The summed E-state index contributed by atoms with van der Waals surface area (Å²) in [5.74, 6) is 0.279. The maximum Gasteiger partial charge on any atom is 0.214 e. The molecule has 0 radical (unpaired) electrons. The molecule has 0 aromatic heterocycles. The van der Waals surface area contributed by atoms with Crippen LogP contribution in [0.5, 0.6) is 0 Å². The third kappa shape index (κ3) is 8.86. The Morgan fingerprint density at radius 1 is 1.00 bits per heavy atom. The predicted octanol–water partition coefficient (Wildman–Crippen LogP) is 3.42. The van der Waals surface area contributed by atoms with E-state index in [0.717, 1.165) is 19.3 Å². The first-order chi connectivity index (χ1) is 7.73. The highest BCUT2D eigenvalue weighted by Crippen LogP contribution is 2.20. The Morgan fingerprint density at radius 3 is 1.94 bits per heavy atom. The number of hydrogen-bond donors (Lipinski definition) is 0. The Balaban J connectivity index is 0. The largest absolute Gasteiger partial charge is 0.269 e. The predicted molar refractivity (Wildman–Crippen MR) is 77.1 cm³/mol. The molecule has 112 valence electrons. The van der Waals surface area contributed by atoms with Crippen LogP contribution in [0.25, 0.3) is 0 Å². The maximum atomic E-state index is 12.1. The molecule has 0 fully saturated rings. The summed E-state index contributed by atoms with van der Waals surface area (Å²) in [5.41, 5.74) is 0.187. The van der Waals surface area contributed by atoms with Crippen molar-refractivity contribution in [1.29, 1.82) is 0 Å². The zero-order chi connectivity index (χ0) is 13.5. The number of unbranched alkanes of at least 4 members (excludes halogenated alkanes) is 1. The van der Waals surface area contributed by atoms with Crippen molar-refractivity contribution in [2.24, 2.45) is 5.41 Å². The van der Waals surface area contributed by atoms with Crippen molar-refractivity contribution in [2.75, 3.05) is 18.8 Å². The fourth-order valence-electron chi connectivity index (χ4n) is 1.57. The molecule has 0 heterocycles. The highest BCUT2D eigenvalue weighted by atomic mass is 32.2. The van der Waals surface area contributed by atoms with Gasteiger partial charge >= 0.3 is 0 Å². The summed E-state index contributed by atoms with van der Waals surface area (Å²) in [5, 5.41) is 0. The van der Waals surface area contributed by atoms with Crippen LogP contribution in [0.4, 0.5) is 4.70 Å². The Morgan fingerprint density at radius 2 is 1.56 bits per heavy atom. The third-order valence-corrected chi connectivity index (χ3v) is 4.80. The lowest BCUT2D eigenvalue weighted by Crippen LogP contribution is -2.36. The Bertz CT molecular complexity index is 297. The molecule has 0 aromatic carbocycles. The van der Waals surface area contributed by atoms with Crippen LogP contribution >= 0.6 is 0 Å². The lowest BCUT2D eigenvalue weighted by molar-refractivity contribution is 0.308. The molecule has 0 aliphatic rings. The summed E-state index contributed by atoms with van der Waals surface area (Å²) in [7, 11) is -3.03. The molecule has 0 spiro atoms. The standard InChI is InChI=1S/C13H29NO2S.FH/c1-6-8-10-14(11-9-13(3,4)5)17(15,16)12-7-2;/h6-12H2,1-5H3;1H. The van der Waals surface area contributed by atoms with E-state index in [1.54, 1.807) is 4.31 Å². The van der Waals surface area contributed by atoms with Crippen molar-refractivity contribution >= 4 is 10.0 Å². The van der Waals surface area contributed by atoms with E-state index < -0.39 is 10.0 Å². The molecule has 0 atom stereocenters. The molecule has 0 aliphatic carbocycles. The highest BCUT2D eigenvalue weighted by molar-refractivity contribution is 7.89. The van der Waals surface area contributed by atoms with Gasteiger partial charge in [-0.25, -0.2) is 12.7 Å². The van der Waals surface area contributed by atoms with Crippen LogP contribution in [-0.4, -0.2) is 31.6 Å². The highest BCUT2D eigenvalue weighted by Gasteiger charge is 2.22. The first kappa shape index (κ1) is 20.2. The van der Waals surface area contributed by atoms with Gasteiger partial charge in [0.05, 0.1) is 5.75 Å². The summed E-state index contributed by atoms with van der Waals surface area (Å²) >= 11 is 0. The molecule has 18 heavy (non-hydrogen) atoms. The molecule has 0 saturated heterocycles. The second-order valence-electron chi connectivity index (χ2n) is 5.88. The summed E-state index contributed by atoms with van der Waals surface area (Å²) < 4.78 is 25.8. The van der Waals surface area contributed by atoms with Gasteiger partial charge in [0.1, 0.15) is 0 Å². The number of rotatable bonds is 8. The molecular weight excluding hydrogens is 253 g/mol. The van der Waals surface area contributed by atoms with Crippen molar-refractivity contribution in [3.63, 3.8) is 0 Å². The molecule has 0 aromatic rings. The van der Waals surface area contributed by atoms with Gasteiger partial charge in [-0.15, -0.1) is 0 Å². The maximum absolute atomic E-state index is 12.1. The zero-order valence-electron chi connectivity index (χ0n) is 12.5. The van der Waals surface area contributed by atoms with Crippen LogP contribution in [0, 0.1) is 5.41 Å². The number of halogens is 1. The second-order valence-corrected chi connectivity index (χ2v) is 7.97. The van der Waals surface area contributed by atoms with Crippen LogP contribution in [0.15, 0.2) is 0 Å². The Labute approximate surface area is 112 Å². The molecule has 0 bridgehead atoms. The summed E-state index contributed by atoms with van der Waals surface area (Å²) in [6, 6.07) is 0. The van der Waals surface area contributed by atoms with Gasteiger partial charge < -0.3 is 0 Å². The number of nitrogens with zero attached hydrogens (tertiary/aromatic N) is 1. The monoisotopic (exact) mass is 283 g/mol. The van der Waals surface area contributed by atoms with E-state index in [0.29, 0.717) is 19.5 Å². The molecule has 0 amide bonds.